The van der Waals surface area contributed by atoms with Gasteiger partial charge in [-0.1, -0.05) is 44.2 Å². The Bertz CT molecular complexity index is 887. The molecule has 3 aromatic rings. The highest BCUT2D eigenvalue weighted by atomic mass is 16.4. The highest BCUT2D eigenvalue weighted by molar-refractivity contribution is 5.93. The van der Waals surface area contributed by atoms with E-state index in [0.29, 0.717) is 36.8 Å². The summed E-state index contributed by atoms with van der Waals surface area (Å²) in [5, 5.41) is 17.2. The number of anilines is 1. The van der Waals surface area contributed by atoms with Gasteiger partial charge in [-0.05, 0) is 36.2 Å². The van der Waals surface area contributed by atoms with Gasteiger partial charge < -0.3 is 20.2 Å². The van der Waals surface area contributed by atoms with Crippen LogP contribution in [-0.4, -0.2) is 23.6 Å². The largest absolute Gasteiger partial charge is 0.458 e. The van der Waals surface area contributed by atoms with Crippen LogP contribution in [0.1, 0.15) is 37.7 Å². The van der Waals surface area contributed by atoms with E-state index >= 15 is 0 Å². The van der Waals surface area contributed by atoms with Crippen LogP contribution in [0.2, 0.25) is 0 Å². The van der Waals surface area contributed by atoms with Crippen LogP contribution < -0.4 is 10.6 Å². The van der Waals surface area contributed by atoms with Crippen LogP contribution in [0.4, 0.5) is 5.69 Å². The zero-order valence-corrected chi connectivity index (χ0v) is 15.7. The molecule has 0 aliphatic carbocycles. The molecule has 3 rings (SSSR count). The summed E-state index contributed by atoms with van der Waals surface area (Å²) in [5.74, 6) is 0.494. The number of aliphatic hydroxyl groups is 1. The number of amides is 1. The lowest BCUT2D eigenvalue weighted by molar-refractivity contribution is -0.116. The summed E-state index contributed by atoms with van der Waals surface area (Å²) in [5.41, 5.74) is 2.56. The lowest BCUT2D eigenvalue weighted by atomic mass is 10.1. The van der Waals surface area contributed by atoms with Gasteiger partial charge in [0, 0.05) is 30.1 Å². The number of aryl methyl sites for hydroxylation is 1. The van der Waals surface area contributed by atoms with Crippen molar-refractivity contribution in [1.82, 2.24) is 5.32 Å². The van der Waals surface area contributed by atoms with Crippen molar-refractivity contribution < 1.29 is 14.3 Å². The van der Waals surface area contributed by atoms with E-state index in [2.05, 4.69) is 10.6 Å². The minimum absolute atomic E-state index is 0.0249. The van der Waals surface area contributed by atoms with Crippen LogP contribution >= 0.6 is 0 Å². The van der Waals surface area contributed by atoms with Gasteiger partial charge >= 0.3 is 0 Å². The molecule has 0 saturated carbocycles. The van der Waals surface area contributed by atoms with E-state index in [4.69, 9.17) is 4.42 Å². The number of carbonyl (C=O) groups excluding carboxylic acids is 1. The second-order valence-corrected chi connectivity index (χ2v) is 7.01. The average Bonchev–Trinajstić information content (AvgIpc) is 3.08. The third-order valence-corrected chi connectivity index (χ3v) is 4.35. The van der Waals surface area contributed by atoms with Gasteiger partial charge in [-0.2, -0.15) is 0 Å². The number of rotatable bonds is 8. The van der Waals surface area contributed by atoms with Crippen LogP contribution in [0.5, 0.6) is 0 Å². The number of hydrogen-bond donors (Lipinski definition) is 3. The van der Waals surface area contributed by atoms with Crippen LogP contribution in [0.3, 0.4) is 0 Å². The monoisotopic (exact) mass is 366 g/mol. The first-order valence-electron chi connectivity index (χ1n) is 9.30. The van der Waals surface area contributed by atoms with Crippen molar-refractivity contribution in [3.63, 3.8) is 0 Å². The van der Waals surface area contributed by atoms with Crippen LogP contribution in [0.15, 0.2) is 59.0 Å². The Balaban J connectivity index is 1.61. The Hall–Kier alpha value is -2.63. The predicted molar refractivity (Wildman–Crippen MR) is 108 cm³/mol. The number of aliphatic hydroxyl groups excluding tert-OH is 1. The molecule has 0 radical (unpaired) electrons. The topological polar surface area (TPSA) is 74.5 Å². The Morgan fingerprint density at radius 3 is 2.63 bits per heavy atom. The maximum Gasteiger partial charge on any atom is 0.224 e. The fraction of sp³-hybridized carbons (Fsp3) is 0.318. The molecule has 0 aliphatic heterocycles. The molecule has 0 spiro atoms. The zero-order valence-electron chi connectivity index (χ0n) is 15.7. The van der Waals surface area contributed by atoms with Gasteiger partial charge in [0.15, 0.2) is 0 Å². The number of benzene rings is 2. The van der Waals surface area contributed by atoms with E-state index < -0.39 is 6.10 Å². The Morgan fingerprint density at radius 2 is 1.89 bits per heavy atom. The van der Waals surface area contributed by atoms with Gasteiger partial charge in [0.2, 0.25) is 5.91 Å². The SMILES string of the molecule is CC(C)NCC(O)c1cc2cc(NC(=O)CCc3ccccc3)ccc2o1. The lowest BCUT2D eigenvalue weighted by Crippen LogP contribution is -2.27. The molecule has 2 aromatic carbocycles. The molecular formula is C22H26N2O3. The van der Waals surface area contributed by atoms with Crippen molar-refractivity contribution in [2.45, 2.75) is 38.8 Å². The Kier molecular flexibility index (Phi) is 6.27. The van der Waals surface area contributed by atoms with E-state index in [1.807, 2.05) is 68.4 Å². The molecule has 5 nitrogen and oxygen atoms in total. The molecule has 27 heavy (non-hydrogen) atoms. The van der Waals surface area contributed by atoms with E-state index in [1.165, 1.54) is 0 Å². The number of fused-ring (bicyclic) bond motifs is 1. The van der Waals surface area contributed by atoms with Crippen molar-refractivity contribution in [2.24, 2.45) is 0 Å². The summed E-state index contributed by atoms with van der Waals surface area (Å²) >= 11 is 0. The summed E-state index contributed by atoms with van der Waals surface area (Å²) in [4.78, 5) is 12.2. The van der Waals surface area contributed by atoms with E-state index in [0.717, 1.165) is 16.6 Å². The molecule has 1 atom stereocenters. The number of carbonyl (C=O) groups is 1. The van der Waals surface area contributed by atoms with E-state index in [9.17, 15) is 9.90 Å². The molecule has 0 fully saturated rings. The standard InChI is InChI=1S/C22H26N2O3/c1-15(2)23-14-19(25)21-13-17-12-18(9-10-20(17)27-21)24-22(26)11-8-16-6-4-3-5-7-16/h3-7,9-10,12-13,15,19,23,25H,8,11,14H2,1-2H3,(H,24,26). The second-order valence-electron chi connectivity index (χ2n) is 7.01. The number of hydrogen-bond acceptors (Lipinski definition) is 4. The first-order valence-corrected chi connectivity index (χ1v) is 9.30. The minimum atomic E-state index is -0.705. The molecule has 0 aliphatic rings. The van der Waals surface area contributed by atoms with Gasteiger partial charge in [0.1, 0.15) is 17.4 Å². The Morgan fingerprint density at radius 1 is 1.11 bits per heavy atom. The summed E-state index contributed by atoms with van der Waals surface area (Å²) in [7, 11) is 0. The minimum Gasteiger partial charge on any atom is -0.458 e. The predicted octanol–water partition coefficient (Wildman–Crippen LogP) is 4.04. The number of nitrogens with one attached hydrogen (secondary N) is 2. The number of furan rings is 1. The zero-order chi connectivity index (χ0) is 19.2. The average molecular weight is 366 g/mol. The molecule has 5 heteroatoms. The third-order valence-electron chi connectivity index (χ3n) is 4.35. The van der Waals surface area contributed by atoms with Gasteiger partial charge in [0.05, 0.1) is 0 Å². The van der Waals surface area contributed by atoms with Crippen molar-refractivity contribution in [2.75, 3.05) is 11.9 Å². The van der Waals surface area contributed by atoms with Gasteiger partial charge in [0.25, 0.3) is 0 Å². The van der Waals surface area contributed by atoms with Crippen molar-refractivity contribution >= 4 is 22.6 Å². The summed E-state index contributed by atoms with van der Waals surface area (Å²) in [6, 6.07) is 17.6. The van der Waals surface area contributed by atoms with Crippen LogP contribution in [0, 0.1) is 0 Å². The molecule has 1 heterocycles. The third kappa shape index (κ3) is 5.42. The maximum absolute atomic E-state index is 12.2. The van der Waals surface area contributed by atoms with E-state index in [1.54, 1.807) is 0 Å². The molecule has 0 bridgehead atoms. The molecule has 1 unspecified atom stereocenters. The highest BCUT2D eigenvalue weighted by Crippen LogP contribution is 2.26. The Labute approximate surface area is 159 Å². The quantitative estimate of drug-likeness (QED) is 0.563. The fourth-order valence-corrected chi connectivity index (χ4v) is 2.88. The molecule has 142 valence electrons. The highest BCUT2D eigenvalue weighted by Gasteiger charge is 2.14. The van der Waals surface area contributed by atoms with Crippen molar-refractivity contribution in [3.8, 4) is 0 Å². The molecule has 1 amide bonds. The molecular weight excluding hydrogens is 340 g/mol. The smallest absolute Gasteiger partial charge is 0.224 e. The fourth-order valence-electron chi connectivity index (χ4n) is 2.88. The second kappa shape index (κ2) is 8.84. The van der Waals surface area contributed by atoms with Gasteiger partial charge in [-0.25, -0.2) is 0 Å². The summed E-state index contributed by atoms with van der Waals surface area (Å²) in [6.45, 7) is 4.48. The normalized spacial score (nSPS) is 12.4. The van der Waals surface area contributed by atoms with Crippen LogP contribution in [-0.2, 0) is 11.2 Å². The first-order chi connectivity index (χ1) is 13.0. The summed E-state index contributed by atoms with van der Waals surface area (Å²) in [6.07, 6.45) is 0.432. The van der Waals surface area contributed by atoms with Gasteiger partial charge in [-0.3, -0.25) is 4.79 Å². The molecule has 0 saturated heterocycles. The van der Waals surface area contributed by atoms with E-state index in [-0.39, 0.29) is 5.91 Å². The lowest BCUT2D eigenvalue weighted by Gasteiger charge is -2.11. The van der Waals surface area contributed by atoms with Crippen LogP contribution in [0.25, 0.3) is 11.0 Å². The first kappa shape index (κ1) is 19.1. The van der Waals surface area contributed by atoms with Crippen molar-refractivity contribution in [3.05, 3.63) is 65.9 Å². The molecule has 1 aromatic heterocycles. The van der Waals surface area contributed by atoms with Gasteiger partial charge in [-0.15, -0.1) is 0 Å². The summed E-state index contributed by atoms with van der Waals surface area (Å²) < 4.78 is 5.72. The molecule has 3 N–H and O–H groups in total. The maximum atomic E-state index is 12.2. The van der Waals surface area contributed by atoms with Crippen molar-refractivity contribution in [1.29, 1.82) is 0 Å².